The van der Waals surface area contributed by atoms with Crippen LogP contribution in [0.3, 0.4) is 0 Å². The van der Waals surface area contributed by atoms with Gasteiger partial charge < -0.3 is 14.5 Å². The molecule has 0 saturated carbocycles. The molecule has 0 aliphatic carbocycles. The van der Waals surface area contributed by atoms with E-state index < -0.39 is 6.36 Å². The molecule has 0 bridgehead atoms. The number of alkyl halides is 3. The van der Waals surface area contributed by atoms with Crippen LogP contribution >= 0.6 is 11.8 Å². The van der Waals surface area contributed by atoms with Gasteiger partial charge in [0, 0.05) is 6.54 Å². The van der Waals surface area contributed by atoms with E-state index in [0.29, 0.717) is 33.4 Å². The maximum Gasteiger partial charge on any atom is 0.573 e. The number of thioether (sulfide) groups is 1. The van der Waals surface area contributed by atoms with E-state index in [1.807, 2.05) is 0 Å². The second-order valence-corrected chi connectivity index (χ2v) is 6.66. The Morgan fingerprint density at radius 3 is 2.52 bits per heavy atom. The van der Waals surface area contributed by atoms with E-state index in [4.69, 9.17) is 4.42 Å². The fourth-order valence-corrected chi connectivity index (χ4v) is 3.17. The zero-order chi connectivity index (χ0) is 21.0. The third-order valence-electron chi connectivity index (χ3n) is 3.83. The molecule has 29 heavy (non-hydrogen) atoms. The number of nitrogens with zero attached hydrogens (tertiary/aromatic N) is 2. The number of hydrogen-bond acceptors (Lipinski definition) is 6. The molecule has 0 spiro atoms. The maximum absolute atomic E-state index is 12.7. The molecule has 1 N–H and O–H groups in total. The van der Waals surface area contributed by atoms with Crippen molar-refractivity contribution in [2.75, 3.05) is 6.26 Å². The first-order valence-electron chi connectivity index (χ1n) is 8.36. The summed E-state index contributed by atoms with van der Waals surface area (Å²) < 4.78 is 45.8. The van der Waals surface area contributed by atoms with Crippen LogP contribution in [0.15, 0.2) is 52.1 Å². The van der Waals surface area contributed by atoms with Crippen LogP contribution in [0.4, 0.5) is 13.2 Å². The number of nitrogens with one attached hydrogen (secondary N) is 1. The van der Waals surface area contributed by atoms with Crippen LogP contribution in [0, 0.1) is 6.92 Å². The number of aromatic nitrogens is 2. The van der Waals surface area contributed by atoms with Crippen LogP contribution in [-0.2, 0) is 6.54 Å². The van der Waals surface area contributed by atoms with Gasteiger partial charge in [0.15, 0.2) is 11.6 Å². The summed E-state index contributed by atoms with van der Waals surface area (Å²) in [5.74, 6) is 0.175. The smallest absolute Gasteiger partial charge is 0.461 e. The Morgan fingerprint density at radius 1 is 1.21 bits per heavy atom. The predicted octanol–water partition coefficient (Wildman–Crippen LogP) is 4.60. The van der Waals surface area contributed by atoms with Gasteiger partial charge in [-0.05, 0) is 43.0 Å². The first-order valence-corrected chi connectivity index (χ1v) is 9.58. The van der Waals surface area contributed by atoms with E-state index in [1.54, 1.807) is 25.3 Å². The van der Waals surface area contributed by atoms with Gasteiger partial charge in [-0.1, -0.05) is 12.1 Å². The highest BCUT2D eigenvalue weighted by molar-refractivity contribution is 7.98. The zero-order valence-electron chi connectivity index (χ0n) is 15.4. The lowest BCUT2D eigenvalue weighted by molar-refractivity contribution is -0.274. The Bertz CT molecular complexity index is 990. The Balaban J connectivity index is 1.72. The lowest BCUT2D eigenvalue weighted by atomic mass is 10.2. The van der Waals surface area contributed by atoms with Crippen molar-refractivity contribution in [3.63, 3.8) is 0 Å². The number of halogens is 3. The van der Waals surface area contributed by atoms with Gasteiger partial charge in [0.25, 0.3) is 5.91 Å². The summed E-state index contributed by atoms with van der Waals surface area (Å²) in [4.78, 5) is 21.4. The summed E-state index contributed by atoms with van der Waals surface area (Å²) in [6.07, 6.45) is -1.44. The van der Waals surface area contributed by atoms with Gasteiger partial charge in [-0.25, -0.2) is 9.97 Å². The van der Waals surface area contributed by atoms with Crippen LogP contribution in [-0.4, -0.2) is 28.5 Å². The number of amides is 1. The van der Waals surface area contributed by atoms with E-state index in [2.05, 4.69) is 20.0 Å². The second kappa shape index (κ2) is 8.56. The van der Waals surface area contributed by atoms with Crippen molar-refractivity contribution in [2.24, 2.45) is 0 Å². The fourth-order valence-electron chi connectivity index (χ4n) is 2.55. The molecule has 1 aromatic carbocycles. The minimum atomic E-state index is -4.75. The molecule has 2 heterocycles. The van der Waals surface area contributed by atoms with Gasteiger partial charge >= 0.3 is 6.36 Å². The van der Waals surface area contributed by atoms with Crippen molar-refractivity contribution < 1.29 is 27.1 Å². The number of carbonyl (C=O) groups excluding carboxylic acids is 1. The standard InChI is InChI=1S/C19H16F3N3O3S/c1-11-15(18(29-2)25-16(24-11)14-4-3-9-27-14)17(26)23-10-12-5-7-13(8-6-12)28-19(20,21)22/h3-9H,10H2,1-2H3,(H,23,26). The fraction of sp³-hybridized carbons (Fsp3) is 0.211. The van der Waals surface area contributed by atoms with Crippen molar-refractivity contribution >= 4 is 17.7 Å². The largest absolute Gasteiger partial charge is 0.573 e. The molecule has 152 valence electrons. The lowest BCUT2D eigenvalue weighted by Gasteiger charge is -2.12. The molecule has 3 rings (SSSR count). The van der Waals surface area contributed by atoms with E-state index >= 15 is 0 Å². The number of rotatable bonds is 6. The number of hydrogen-bond donors (Lipinski definition) is 1. The summed E-state index contributed by atoms with van der Waals surface area (Å²) in [5.41, 5.74) is 1.44. The van der Waals surface area contributed by atoms with Crippen molar-refractivity contribution in [3.05, 3.63) is 59.5 Å². The topological polar surface area (TPSA) is 77.2 Å². The first kappa shape index (κ1) is 20.7. The maximum atomic E-state index is 12.7. The van der Waals surface area contributed by atoms with E-state index in [9.17, 15) is 18.0 Å². The van der Waals surface area contributed by atoms with Crippen molar-refractivity contribution in [3.8, 4) is 17.3 Å². The molecule has 2 aromatic heterocycles. The highest BCUT2D eigenvalue weighted by atomic mass is 32.2. The van der Waals surface area contributed by atoms with Crippen molar-refractivity contribution in [1.82, 2.24) is 15.3 Å². The van der Waals surface area contributed by atoms with Gasteiger partial charge in [-0.15, -0.1) is 24.9 Å². The first-order chi connectivity index (χ1) is 13.8. The SMILES string of the molecule is CSc1nc(-c2ccco2)nc(C)c1C(=O)NCc1ccc(OC(F)(F)F)cc1. The molecule has 0 fully saturated rings. The Kier molecular flexibility index (Phi) is 6.12. The highest BCUT2D eigenvalue weighted by Crippen LogP contribution is 2.25. The number of benzene rings is 1. The Labute approximate surface area is 168 Å². The summed E-state index contributed by atoms with van der Waals surface area (Å²) in [7, 11) is 0. The summed E-state index contributed by atoms with van der Waals surface area (Å²) in [6.45, 7) is 1.82. The monoisotopic (exact) mass is 423 g/mol. The highest BCUT2D eigenvalue weighted by Gasteiger charge is 2.31. The van der Waals surface area contributed by atoms with Crippen LogP contribution in [0.25, 0.3) is 11.6 Å². The van der Waals surface area contributed by atoms with Crippen molar-refractivity contribution in [2.45, 2.75) is 24.9 Å². The Hall–Kier alpha value is -3.01. The number of furan rings is 1. The molecule has 10 heteroatoms. The van der Waals surface area contributed by atoms with E-state index in [-0.39, 0.29) is 18.2 Å². The lowest BCUT2D eigenvalue weighted by Crippen LogP contribution is -2.25. The van der Waals surface area contributed by atoms with E-state index in [0.717, 1.165) is 0 Å². The van der Waals surface area contributed by atoms with Crippen molar-refractivity contribution in [1.29, 1.82) is 0 Å². The molecule has 0 aliphatic rings. The number of ether oxygens (including phenoxy) is 1. The van der Waals surface area contributed by atoms with E-state index in [1.165, 1.54) is 42.3 Å². The second-order valence-electron chi connectivity index (χ2n) is 5.87. The molecule has 0 radical (unpaired) electrons. The Morgan fingerprint density at radius 2 is 1.93 bits per heavy atom. The summed E-state index contributed by atoms with van der Waals surface area (Å²) in [5, 5.41) is 3.23. The van der Waals surface area contributed by atoms with Gasteiger partial charge in [0.05, 0.1) is 17.5 Å². The molecule has 3 aromatic rings. The molecule has 0 atom stereocenters. The van der Waals surface area contributed by atoms with Gasteiger partial charge in [-0.3, -0.25) is 4.79 Å². The molecule has 1 amide bonds. The average molecular weight is 423 g/mol. The molecular formula is C19H16F3N3O3S. The minimum Gasteiger partial charge on any atom is -0.461 e. The third-order valence-corrected chi connectivity index (χ3v) is 4.51. The number of carbonyl (C=O) groups is 1. The number of aryl methyl sites for hydroxylation is 1. The third kappa shape index (κ3) is 5.29. The molecular weight excluding hydrogens is 407 g/mol. The van der Waals surface area contributed by atoms with Gasteiger partial charge in [-0.2, -0.15) is 0 Å². The molecule has 0 aliphatic heterocycles. The molecule has 0 unspecified atom stereocenters. The van der Waals surface area contributed by atoms with Gasteiger partial charge in [0.1, 0.15) is 10.8 Å². The summed E-state index contributed by atoms with van der Waals surface area (Å²) in [6, 6.07) is 8.72. The van der Waals surface area contributed by atoms with Crippen LogP contribution < -0.4 is 10.1 Å². The minimum absolute atomic E-state index is 0.123. The molecule has 6 nitrogen and oxygen atoms in total. The normalized spacial score (nSPS) is 11.3. The quantitative estimate of drug-likeness (QED) is 0.461. The van der Waals surface area contributed by atoms with Crippen LogP contribution in [0.1, 0.15) is 21.6 Å². The molecule has 0 saturated heterocycles. The predicted molar refractivity (Wildman–Crippen MR) is 101 cm³/mol. The van der Waals surface area contributed by atoms with Crippen LogP contribution in [0.2, 0.25) is 0 Å². The average Bonchev–Trinajstić information content (AvgIpc) is 3.20. The van der Waals surface area contributed by atoms with Crippen LogP contribution in [0.5, 0.6) is 5.75 Å². The summed E-state index contributed by atoms with van der Waals surface area (Å²) >= 11 is 1.30. The van der Waals surface area contributed by atoms with Gasteiger partial charge in [0.2, 0.25) is 0 Å². The zero-order valence-corrected chi connectivity index (χ0v) is 16.2.